The van der Waals surface area contributed by atoms with Crippen LogP contribution in [0.4, 0.5) is 0 Å². The average Bonchev–Trinajstić information content (AvgIpc) is 2.95. The molecule has 0 saturated heterocycles. The number of carboxylic acids is 1. The lowest BCUT2D eigenvalue weighted by Crippen LogP contribution is -2.43. The molecular formula is C16H18BrN3O3. The molecule has 2 rings (SSSR count). The second kappa shape index (κ2) is 6.95. The summed E-state index contributed by atoms with van der Waals surface area (Å²) in [6.07, 6.45) is 3.50. The molecule has 2 N–H and O–H groups in total. The molecule has 0 spiro atoms. The Bertz CT molecular complexity index is 708. The normalized spacial score (nSPS) is 11.3. The molecule has 1 amide bonds. The fourth-order valence-corrected chi connectivity index (χ4v) is 2.30. The molecule has 0 radical (unpaired) electrons. The summed E-state index contributed by atoms with van der Waals surface area (Å²) in [4.78, 5) is 22.9. The van der Waals surface area contributed by atoms with Gasteiger partial charge in [-0.05, 0) is 44.5 Å². The van der Waals surface area contributed by atoms with Crippen molar-refractivity contribution in [2.75, 3.05) is 0 Å². The van der Waals surface area contributed by atoms with Gasteiger partial charge < -0.3 is 10.4 Å². The van der Waals surface area contributed by atoms with Crippen molar-refractivity contribution in [2.45, 2.75) is 32.2 Å². The molecule has 0 fully saturated rings. The van der Waals surface area contributed by atoms with Crippen molar-refractivity contribution >= 4 is 27.8 Å². The van der Waals surface area contributed by atoms with Gasteiger partial charge in [0.25, 0.3) is 5.91 Å². The number of benzene rings is 1. The van der Waals surface area contributed by atoms with Crippen LogP contribution in [-0.4, -0.2) is 32.3 Å². The Morgan fingerprint density at radius 1 is 1.30 bits per heavy atom. The summed E-state index contributed by atoms with van der Waals surface area (Å²) in [5.74, 6) is -1.15. The van der Waals surface area contributed by atoms with Crippen molar-refractivity contribution in [2.24, 2.45) is 0 Å². The van der Waals surface area contributed by atoms with E-state index in [4.69, 9.17) is 5.11 Å². The molecule has 7 heteroatoms. The summed E-state index contributed by atoms with van der Waals surface area (Å²) in [6, 6.07) is 7.56. The summed E-state index contributed by atoms with van der Waals surface area (Å²) in [5.41, 5.74) is 0.670. The van der Waals surface area contributed by atoms with Gasteiger partial charge in [-0.1, -0.05) is 15.9 Å². The van der Waals surface area contributed by atoms with Crippen LogP contribution in [0, 0.1) is 0 Å². The van der Waals surface area contributed by atoms with Crippen molar-refractivity contribution < 1.29 is 14.7 Å². The number of aromatic nitrogens is 2. The number of nitrogens with zero attached hydrogens (tertiary/aromatic N) is 2. The van der Waals surface area contributed by atoms with Crippen molar-refractivity contribution in [3.63, 3.8) is 0 Å². The number of carbonyl (C=O) groups excluding carboxylic acids is 1. The molecule has 0 aliphatic heterocycles. The number of nitrogens with one attached hydrogen (secondary N) is 1. The van der Waals surface area contributed by atoms with E-state index in [1.165, 1.54) is 6.20 Å². The van der Waals surface area contributed by atoms with Crippen molar-refractivity contribution in [3.05, 3.63) is 46.7 Å². The van der Waals surface area contributed by atoms with E-state index in [1.54, 1.807) is 24.7 Å². The lowest BCUT2D eigenvalue weighted by molar-refractivity contribution is -0.137. The van der Waals surface area contributed by atoms with Gasteiger partial charge in [0, 0.05) is 22.6 Å². The topological polar surface area (TPSA) is 84.2 Å². The van der Waals surface area contributed by atoms with E-state index in [0.717, 1.165) is 10.2 Å². The maximum absolute atomic E-state index is 12.3. The molecule has 2 aromatic rings. The second-order valence-corrected chi connectivity index (χ2v) is 6.80. The SMILES string of the molecule is CC(C)(CCC(=O)O)NC(=O)c1cnn(-c2ccc(Br)cc2)c1. The number of aliphatic carboxylic acids is 1. The van der Waals surface area contributed by atoms with Gasteiger partial charge in [0.15, 0.2) is 0 Å². The van der Waals surface area contributed by atoms with Crippen molar-refractivity contribution in [1.29, 1.82) is 0 Å². The monoisotopic (exact) mass is 379 g/mol. The van der Waals surface area contributed by atoms with Crippen LogP contribution in [0.5, 0.6) is 0 Å². The summed E-state index contributed by atoms with van der Waals surface area (Å²) in [5, 5.41) is 15.8. The highest BCUT2D eigenvalue weighted by Gasteiger charge is 2.23. The lowest BCUT2D eigenvalue weighted by Gasteiger charge is -2.25. The summed E-state index contributed by atoms with van der Waals surface area (Å²) in [7, 11) is 0. The molecule has 122 valence electrons. The number of carbonyl (C=O) groups is 2. The molecule has 1 aromatic heterocycles. The maximum Gasteiger partial charge on any atom is 0.303 e. The van der Waals surface area contributed by atoms with Crippen LogP contribution in [-0.2, 0) is 4.79 Å². The Balaban J connectivity index is 2.06. The second-order valence-electron chi connectivity index (χ2n) is 5.88. The molecular weight excluding hydrogens is 362 g/mol. The Labute approximate surface area is 142 Å². The zero-order chi connectivity index (χ0) is 17.0. The van der Waals surface area contributed by atoms with E-state index in [2.05, 4.69) is 26.3 Å². The zero-order valence-electron chi connectivity index (χ0n) is 12.9. The largest absolute Gasteiger partial charge is 0.481 e. The molecule has 0 atom stereocenters. The van der Waals surface area contributed by atoms with Gasteiger partial charge in [0.2, 0.25) is 0 Å². The first-order chi connectivity index (χ1) is 10.8. The minimum atomic E-state index is -0.879. The first kappa shape index (κ1) is 17.2. The average molecular weight is 380 g/mol. The van der Waals surface area contributed by atoms with E-state index in [-0.39, 0.29) is 12.3 Å². The zero-order valence-corrected chi connectivity index (χ0v) is 14.5. The Morgan fingerprint density at radius 3 is 2.57 bits per heavy atom. The molecule has 0 aliphatic carbocycles. The van der Waals surface area contributed by atoms with Gasteiger partial charge in [0.1, 0.15) is 0 Å². The van der Waals surface area contributed by atoms with Crippen LogP contribution in [0.2, 0.25) is 0 Å². The minimum Gasteiger partial charge on any atom is -0.481 e. The van der Waals surface area contributed by atoms with Gasteiger partial charge in [-0.2, -0.15) is 5.10 Å². The van der Waals surface area contributed by atoms with Gasteiger partial charge >= 0.3 is 5.97 Å². The molecule has 0 unspecified atom stereocenters. The van der Waals surface area contributed by atoms with Crippen molar-refractivity contribution in [1.82, 2.24) is 15.1 Å². The Kier molecular flexibility index (Phi) is 5.20. The van der Waals surface area contributed by atoms with E-state index < -0.39 is 11.5 Å². The third-order valence-electron chi connectivity index (χ3n) is 3.35. The first-order valence-corrected chi connectivity index (χ1v) is 7.91. The number of amides is 1. The number of hydrogen-bond donors (Lipinski definition) is 2. The van der Waals surface area contributed by atoms with E-state index in [9.17, 15) is 9.59 Å². The van der Waals surface area contributed by atoms with Crippen LogP contribution in [0.1, 0.15) is 37.0 Å². The fraction of sp³-hybridized carbons (Fsp3) is 0.312. The minimum absolute atomic E-state index is 0.00539. The quantitative estimate of drug-likeness (QED) is 0.807. The smallest absolute Gasteiger partial charge is 0.303 e. The number of hydrogen-bond acceptors (Lipinski definition) is 3. The van der Waals surface area contributed by atoms with Crippen LogP contribution in [0.3, 0.4) is 0 Å². The van der Waals surface area contributed by atoms with Gasteiger partial charge in [-0.25, -0.2) is 4.68 Å². The van der Waals surface area contributed by atoms with E-state index in [0.29, 0.717) is 12.0 Å². The van der Waals surface area contributed by atoms with Gasteiger partial charge in [-0.3, -0.25) is 9.59 Å². The van der Waals surface area contributed by atoms with E-state index in [1.807, 2.05) is 24.3 Å². The van der Waals surface area contributed by atoms with Crippen LogP contribution >= 0.6 is 15.9 Å². The number of halogens is 1. The maximum atomic E-state index is 12.3. The van der Waals surface area contributed by atoms with Crippen LogP contribution in [0.25, 0.3) is 5.69 Å². The molecule has 1 heterocycles. The van der Waals surface area contributed by atoms with Crippen molar-refractivity contribution in [3.8, 4) is 5.69 Å². The molecule has 0 aliphatic rings. The number of carboxylic acid groups (broad SMARTS) is 1. The molecule has 0 saturated carbocycles. The third-order valence-corrected chi connectivity index (χ3v) is 3.88. The molecule has 6 nitrogen and oxygen atoms in total. The van der Waals surface area contributed by atoms with E-state index >= 15 is 0 Å². The highest BCUT2D eigenvalue weighted by molar-refractivity contribution is 9.10. The first-order valence-electron chi connectivity index (χ1n) is 7.12. The standard InChI is InChI=1S/C16H18BrN3O3/c1-16(2,8-7-14(21)22)19-15(23)11-9-18-20(10-11)13-5-3-12(17)4-6-13/h3-6,9-10H,7-8H2,1-2H3,(H,19,23)(H,21,22). The summed E-state index contributed by atoms with van der Waals surface area (Å²) in [6.45, 7) is 3.60. The summed E-state index contributed by atoms with van der Waals surface area (Å²) < 4.78 is 2.58. The molecule has 0 bridgehead atoms. The Hall–Kier alpha value is -2.15. The van der Waals surface area contributed by atoms with Gasteiger partial charge in [0.05, 0.1) is 17.4 Å². The van der Waals surface area contributed by atoms with Gasteiger partial charge in [-0.15, -0.1) is 0 Å². The lowest BCUT2D eigenvalue weighted by atomic mass is 9.98. The predicted octanol–water partition coefficient (Wildman–Crippen LogP) is 3.01. The fourth-order valence-electron chi connectivity index (χ4n) is 2.04. The predicted molar refractivity (Wildman–Crippen MR) is 89.7 cm³/mol. The van der Waals surface area contributed by atoms with Crippen LogP contribution < -0.4 is 5.32 Å². The summed E-state index contributed by atoms with van der Waals surface area (Å²) >= 11 is 3.37. The highest BCUT2D eigenvalue weighted by atomic mass is 79.9. The molecule has 23 heavy (non-hydrogen) atoms. The third kappa shape index (κ3) is 4.92. The number of rotatable bonds is 6. The Morgan fingerprint density at radius 2 is 1.96 bits per heavy atom. The van der Waals surface area contributed by atoms with Crippen LogP contribution in [0.15, 0.2) is 41.1 Å². The highest BCUT2D eigenvalue weighted by Crippen LogP contribution is 2.15. The molecule has 1 aromatic carbocycles.